The van der Waals surface area contributed by atoms with Gasteiger partial charge in [-0.05, 0) is 31.2 Å². The van der Waals surface area contributed by atoms with Crippen LogP contribution in [0.1, 0.15) is 24.9 Å². The molecule has 1 rings (SSSR count). The van der Waals surface area contributed by atoms with Gasteiger partial charge >= 0.3 is 0 Å². The third-order valence-corrected chi connectivity index (χ3v) is 2.89. The van der Waals surface area contributed by atoms with Gasteiger partial charge in [0.05, 0.1) is 0 Å². The van der Waals surface area contributed by atoms with Crippen molar-refractivity contribution in [2.45, 2.75) is 19.4 Å². The molecule has 0 amide bonds. The van der Waals surface area contributed by atoms with E-state index in [-0.39, 0.29) is 11.9 Å². The Hall–Kier alpha value is -0.450. The van der Waals surface area contributed by atoms with Gasteiger partial charge in [-0.25, -0.2) is 4.39 Å². The summed E-state index contributed by atoms with van der Waals surface area (Å²) in [5.74, 6) is -0.176. The molecule has 0 radical (unpaired) electrons. The molecule has 4 heteroatoms. The van der Waals surface area contributed by atoms with Crippen molar-refractivity contribution < 1.29 is 9.13 Å². The number of hydrogen-bond acceptors (Lipinski definition) is 2. The minimum Gasteiger partial charge on any atom is -0.385 e. The highest BCUT2D eigenvalue weighted by Gasteiger charge is 2.14. The maximum atomic E-state index is 13.7. The van der Waals surface area contributed by atoms with Gasteiger partial charge in [-0.2, -0.15) is 0 Å². The molecular formula is C12H17BrFNO. The zero-order chi connectivity index (χ0) is 12.0. The van der Waals surface area contributed by atoms with E-state index in [1.807, 2.05) is 13.0 Å². The van der Waals surface area contributed by atoms with Gasteiger partial charge in [0.2, 0.25) is 0 Å². The summed E-state index contributed by atoms with van der Waals surface area (Å²) in [5, 5.41) is 3.26. The Morgan fingerprint density at radius 2 is 2.25 bits per heavy atom. The van der Waals surface area contributed by atoms with E-state index < -0.39 is 0 Å². The van der Waals surface area contributed by atoms with Crippen molar-refractivity contribution in [2.75, 3.05) is 20.3 Å². The molecule has 0 bridgehead atoms. The third kappa shape index (κ3) is 3.85. The van der Waals surface area contributed by atoms with Crippen LogP contribution in [-0.4, -0.2) is 20.3 Å². The molecule has 0 aliphatic heterocycles. The lowest BCUT2D eigenvalue weighted by atomic mass is 10.0. The van der Waals surface area contributed by atoms with E-state index in [4.69, 9.17) is 4.74 Å². The van der Waals surface area contributed by atoms with Crippen LogP contribution in [0.4, 0.5) is 4.39 Å². The molecule has 0 fully saturated rings. The van der Waals surface area contributed by atoms with E-state index in [9.17, 15) is 4.39 Å². The first-order valence-corrected chi connectivity index (χ1v) is 6.15. The average Bonchev–Trinajstić information content (AvgIpc) is 2.28. The first-order valence-electron chi connectivity index (χ1n) is 5.36. The Morgan fingerprint density at radius 3 is 2.88 bits per heavy atom. The minimum absolute atomic E-state index is 0.00227. The molecule has 0 saturated carbocycles. The third-order valence-electron chi connectivity index (χ3n) is 2.39. The highest BCUT2D eigenvalue weighted by Crippen LogP contribution is 2.24. The number of halogens is 2. The van der Waals surface area contributed by atoms with E-state index in [1.54, 1.807) is 13.2 Å². The highest BCUT2D eigenvalue weighted by molar-refractivity contribution is 9.10. The fourth-order valence-corrected chi connectivity index (χ4v) is 2.01. The predicted octanol–water partition coefficient (Wildman–Crippen LogP) is 3.28. The summed E-state index contributed by atoms with van der Waals surface area (Å²) in [4.78, 5) is 0. The second-order valence-electron chi connectivity index (χ2n) is 3.56. The quantitative estimate of drug-likeness (QED) is 0.868. The standard InChI is InChI=1S/C12H17BrFNO/c1-3-15-12(6-7-16-2)10-8-9(13)4-5-11(10)14/h4-5,8,12,15H,3,6-7H2,1-2H3. The smallest absolute Gasteiger partial charge is 0.128 e. The number of methoxy groups -OCH3 is 1. The van der Waals surface area contributed by atoms with Crippen LogP contribution in [0.2, 0.25) is 0 Å². The molecule has 0 aliphatic rings. The molecular weight excluding hydrogens is 273 g/mol. The van der Waals surface area contributed by atoms with Gasteiger partial charge in [-0.3, -0.25) is 0 Å². The van der Waals surface area contributed by atoms with E-state index >= 15 is 0 Å². The number of benzene rings is 1. The zero-order valence-corrected chi connectivity index (χ0v) is 11.2. The van der Waals surface area contributed by atoms with Gasteiger partial charge < -0.3 is 10.1 Å². The summed E-state index contributed by atoms with van der Waals surface area (Å²) < 4.78 is 19.6. The largest absolute Gasteiger partial charge is 0.385 e. The van der Waals surface area contributed by atoms with Gasteiger partial charge in [-0.15, -0.1) is 0 Å². The van der Waals surface area contributed by atoms with Crippen LogP contribution in [0.25, 0.3) is 0 Å². The molecule has 0 aromatic heterocycles. The number of nitrogens with one attached hydrogen (secondary N) is 1. The van der Waals surface area contributed by atoms with Gasteiger partial charge in [0.1, 0.15) is 5.82 Å². The maximum Gasteiger partial charge on any atom is 0.128 e. The van der Waals surface area contributed by atoms with E-state index in [2.05, 4.69) is 21.2 Å². The van der Waals surface area contributed by atoms with Crippen LogP contribution in [-0.2, 0) is 4.74 Å². The van der Waals surface area contributed by atoms with Crippen molar-refractivity contribution in [3.05, 3.63) is 34.1 Å². The van der Waals surface area contributed by atoms with Crippen LogP contribution < -0.4 is 5.32 Å². The molecule has 2 nitrogen and oxygen atoms in total. The fraction of sp³-hybridized carbons (Fsp3) is 0.500. The van der Waals surface area contributed by atoms with Crippen molar-refractivity contribution in [3.8, 4) is 0 Å². The highest BCUT2D eigenvalue weighted by atomic mass is 79.9. The molecule has 90 valence electrons. The van der Waals surface area contributed by atoms with Gasteiger partial charge in [0.15, 0.2) is 0 Å². The summed E-state index contributed by atoms with van der Waals surface area (Å²) >= 11 is 3.36. The molecule has 16 heavy (non-hydrogen) atoms. The molecule has 1 aromatic rings. The Balaban J connectivity index is 2.85. The Labute approximate surface area is 104 Å². The number of ether oxygens (including phenoxy) is 1. The van der Waals surface area contributed by atoms with Crippen molar-refractivity contribution in [3.63, 3.8) is 0 Å². The monoisotopic (exact) mass is 289 g/mol. The van der Waals surface area contributed by atoms with Crippen LogP contribution in [0.5, 0.6) is 0 Å². The molecule has 1 unspecified atom stereocenters. The van der Waals surface area contributed by atoms with Crippen molar-refractivity contribution in [1.29, 1.82) is 0 Å². The van der Waals surface area contributed by atoms with Gasteiger partial charge in [-0.1, -0.05) is 22.9 Å². The molecule has 0 aliphatic carbocycles. The summed E-state index contributed by atoms with van der Waals surface area (Å²) in [5.41, 5.74) is 0.688. The second-order valence-corrected chi connectivity index (χ2v) is 4.47. The number of rotatable bonds is 6. The van der Waals surface area contributed by atoms with Crippen molar-refractivity contribution in [2.24, 2.45) is 0 Å². The van der Waals surface area contributed by atoms with Crippen LogP contribution in [0, 0.1) is 5.82 Å². The van der Waals surface area contributed by atoms with E-state index in [1.165, 1.54) is 6.07 Å². The average molecular weight is 290 g/mol. The fourth-order valence-electron chi connectivity index (χ4n) is 1.63. The Bertz CT molecular complexity index is 333. The molecule has 0 spiro atoms. The molecule has 0 heterocycles. The van der Waals surface area contributed by atoms with Gasteiger partial charge in [0.25, 0.3) is 0 Å². The lowest BCUT2D eigenvalue weighted by Gasteiger charge is -2.18. The molecule has 1 atom stereocenters. The van der Waals surface area contributed by atoms with Crippen LogP contribution in [0.15, 0.2) is 22.7 Å². The second kappa shape index (κ2) is 6.99. The van der Waals surface area contributed by atoms with E-state index in [0.717, 1.165) is 17.4 Å². The molecule has 0 saturated heterocycles. The lowest BCUT2D eigenvalue weighted by molar-refractivity contribution is 0.182. The SMILES string of the molecule is CCNC(CCOC)c1cc(Br)ccc1F. The Kier molecular flexibility index (Phi) is 5.95. The molecule has 1 N–H and O–H groups in total. The zero-order valence-electron chi connectivity index (χ0n) is 9.59. The summed E-state index contributed by atoms with van der Waals surface area (Å²) in [6, 6.07) is 5.01. The summed E-state index contributed by atoms with van der Waals surface area (Å²) in [6.07, 6.45) is 0.762. The minimum atomic E-state index is -0.176. The van der Waals surface area contributed by atoms with Crippen molar-refractivity contribution in [1.82, 2.24) is 5.32 Å². The first-order chi connectivity index (χ1) is 7.69. The summed E-state index contributed by atoms with van der Waals surface area (Å²) in [6.45, 7) is 3.43. The number of hydrogen-bond donors (Lipinski definition) is 1. The topological polar surface area (TPSA) is 21.3 Å². The van der Waals surface area contributed by atoms with Crippen molar-refractivity contribution >= 4 is 15.9 Å². The summed E-state index contributed by atoms with van der Waals surface area (Å²) in [7, 11) is 1.65. The lowest BCUT2D eigenvalue weighted by Crippen LogP contribution is -2.23. The maximum absolute atomic E-state index is 13.7. The van der Waals surface area contributed by atoms with Crippen LogP contribution >= 0.6 is 15.9 Å². The van der Waals surface area contributed by atoms with E-state index in [0.29, 0.717) is 12.2 Å². The first kappa shape index (κ1) is 13.6. The predicted molar refractivity (Wildman–Crippen MR) is 67.0 cm³/mol. The Morgan fingerprint density at radius 1 is 1.50 bits per heavy atom. The molecule has 1 aromatic carbocycles. The van der Waals surface area contributed by atoms with Crippen LogP contribution in [0.3, 0.4) is 0 Å². The van der Waals surface area contributed by atoms with Gasteiger partial charge in [0, 0.05) is 29.8 Å². The normalized spacial score (nSPS) is 12.8.